The first-order chi connectivity index (χ1) is 26.9. The number of hydrogen-bond acceptors (Lipinski definition) is 10. The summed E-state index contributed by atoms with van der Waals surface area (Å²) in [6.07, 6.45) is 4.44. The molecular weight excluding hydrogens is 757 g/mol. The molecule has 2 N–H and O–H groups in total. The van der Waals surface area contributed by atoms with E-state index in [2.05, 4.69) is 20.8 Å². The first kappa shape index (κ1) is 37.4. The molecule has 5 aromatic rings. The Morgan fingerprint density at radius 3 is 2.23 bits per heavy atom. The Kier molecular flexibility index (Phi) is 9.90. The Bertz CT molecular complexity index is 2510. The molecule has 8 rings (SSSR count). The van der Waals surface area contributed by atoms with E-state index in [-0.39, 0.29) is 61.9 Å². The second-order valence-corrected chi connectivity index (χ2v) is 15.3. The van der Waals surface area contributed by atoms with Crippen LogP contribution in [0.2, 0.25) is 0 Å². The highest BCUT2D eigenvalue weighted by atomic mass is 32.1. The molecule has 2 aromatic carbocycles. The minimum absolute atomic E-state index is 0.000417. The van der Waals surface area contributed by atoms with Crippen molar-refractivity contribution < 1.29 is 27.2 Å². The van der Waals surface area contributed by atoms with Gasteiger partial charge in [0.25, 0.3) is 0 Å². The lowest BCUT2D eigenvalue weighted by atomic mass is 10.1. The third-order valence-corrected chi connectivity index (χ3v) is 11.5. The lowest BCUT2D eigenvalue weighted by molar-refractivity contribution is -0.129. The number of hydrogen-bond donors (Lipinski definition) is 2. The van der Waals surface area contributed by atoms with Crippen LogP contribution in [0.1, 0.15) is 25.8 Å². The number of pyridine rings is 2. The van der Waals surface area contributed by atoms with Crippen LogP contribution < -0.4 is 31.3 Å². The molecule has 3 aromatic heterocycles. The molecule has 294 valence electrons. The number of likely N-dealkylation sites (N-methyl/N-ethyl adjacent to an activating group) is 1. The molecule has 0 bridgehead atoms. The number of halogens is 4. The monoisotopic (exact) mass is 794 g/mol. The summed E-state index contributed by atoms with van der Waals surface area (Å²) in [6.45, 7) is 3.97. The smallest absolute Gasteiger partial charge is 0.325 e. The number of nitrogens with zero attached hydrogens (tertiary/aromatic N) is 8. The molecule has 19 heteroatoms. The minimum Gasteiger partial charge on any atom is -0.366 e. The standard InChI is InChI=1S/C37H38F4N10O4S/c1-20(52)47-11-13-48(14-12-47)29-17-28-22(15-25(29)39)34(54)27(19-51(28)21-3-4-21)42-36(55)43-37-45-44-35(56-37)24-18-50(6-5-38)31-23(33(24)53)16-26(40)32(30(31)41)49-9-7-46(2)8-10-49/h15-19,21H,3-14H2,1-2H3,(H2,42,43,45,55). The molecule has 3 fully saturated rings. The Labute approximate surface area is 320 Å². The highest BCUT2D eigenvalue weighted by Gasteiger charge is 2.30. The summed E-state index contributed by atoms with van der Waals surface area (Å²) in [5, 5.41) is 12.7. The molecule has 0 radical (unpaired) electrons. The number of benzene rings is 2. The maximum Gasteiger partial charge on any atom is 0.325 e. The zero-order chi connectivity index (χ0) is 39.4. The number of piperazine rings is 2. The van der Waals surface area contributed by atoms with Crippen molar-refractivity contribution in [2.75, 3.05) is 86.5 Å². The summed E-state index contributed by atoms with van der Waals surface area (Å²) in [5.41, 5.74) is -1.22. The van der Waals surface area contributed by atoms with Gasteiger partial charge in [0.05, 0.1) is 39.6 Å². The molecule has 0 spiro atoms. The maximum absolute atomic E-state index is 16.1. The summed E-state index contributed by atoms with van der Waals surface area (Å²) in [5.74, 6) is -2.52. The molecule has 2 saturated heterocycles. The number of alkyl halides is 1. The summed E-state index contributed by atoms with van der Waals surface area (Å²) in [4.78, 5) is 59.5. The highest BCUT2D eigenvalue weighted by Crippen LogP contribution is 2.39. The molecule has 56 heavy (non-hydrogen) atoms. The van der Waals surface area contributed by atoms with Gasteiger partial charge in [-0.25, -0.2) is 22.4 Å². The van der Waals surface area contributed by atoms with Gasteiger partial charge in [-0.05, 0) is 38.1 Å². The number of rotatable bonds is 8. The van der Waals surface area contributed by atoms with Crippen LogP contribution in [-0.2, 0) is 11.3 Å². The van der Waals surface area contributed by atoms with Gasteiger partial charge in [0, 0.05) is 77.7 Å². The molecule has 3 aliphatic rings. The fourth-order valence-corrected chi connectivity index (χ4v) is 8.20. The second-order valence-electron chi connectivity index (χ2n) is 14.3. The van der Waals surface area contributed by atoms with Crippen LogP contribution in [0.4, 0.5) is 44.5 Å². The first-order valence-electron chi connectivity index (χ1n) is 18.3. The number of aromatic nitrogens is 4. The fraction of sp³-hybridized carbons (Fsp3) is 0.405. The van der Waals surface area contributed by atoms with Gasteiger partial charge in [0.2, 0.25) is 16.5 Å². The zero-order valence-corrected chi connectivity index (χ0v) is 31.4. The average Bonchev–Trinajstić information content (AvgIpc) is 3.92. The molecular formula is C37H38F4N10O4S. The third-order valence-electron chi connectivity index (χ3n) is 10.6. The van der Waals surface area contributed by atoms with Crippen LogP contribution in [0.15, 0.2) is 40.2 Å². The molecule has 0 unspecified atom stereocenters. The van der Waals surface area contributed by atoms with Crippen molar-refractivity contribution in [1.82, 2.24) is 29.1 Å². The van der Waals surface area contributed by atoms with Gasteiger partial charge in [-0.1, -0.05) is 11.3 Å². The van der Waals surface area contributed by atoms with E-state index < -0.39 is 41.0 Å². The van der Waals surface area contributed by atoms with Gasteiger partial charge in [-0.3, -0.25) is 19.7 Å². The number of urea groups is 1. The van der Waals surface area contributed by atoms with Gasteiger partial charge >= 0.3 is 6.03 Å². The van der Waals surface area contributed by atoms with Crippen molar-refractivity contribution in [2.24, 2.45) is 0 Å². The Hall–Kier alpha value is -5.56. The van der Waals surface area contributed by atoms with Gasteiger partial charge in [-0.2, -0.15) is 0 Å². The number of fused-ring (bicyclic) bond motifs is 2. The predicted octanol–water partition coefficient (Wildman–Crippen LogP) is 4.62. The Morgan fingerprint density at radius 2 is 1.55 bits per heavy atom. The molecule has 1 aliphatic carbocycles. The van der Waals surface area contributed by atoms with Crippen LogP contribution >= 0.6 is 11.3 Å². The van der Waals surface area contributed by atoms with E-state index >= 15 is 13.2 Å². The first-order valence-corrected chi connectivity index (χ1v) is 19.1. The topological polar surface area (TPSA) is 141 Å². The van der Waals surface area contributed by atoms with Gasteiger partial charge in [-0.15, -0.1) is 10.2 Å². The number of carbonyl (C=O) groups excluding carboxylic acids is 2. The SMILES string of the molecule is CC(=O)N1CCN(c2cc3c(cc2F)c(=O)c(NC(=O)Nc2nnc(-c4cn(CCF)c5c(F)c(N6CCN(C)CC6)c(F)cc5c4=O)s2)cn3C2CC2)CC1. The van der Waals surface area contributed by atoms with Crippen LogP contribution in [0, 0.1) is 17.5 Å². The largest absolute Gasteiger partial charge is 0.366 e. The number of anilines is 4. The zero-order valence-electron chi connectivity index (χ0n) is 30.6. The summed E-state index contributed by atoms with van der Waals surface area (Å²) < 4.78 is 64.0. The average molecular weight is 795 g/mol. The second kappa shape index (κ2) is 14.8. The highest BCUT2D eigenvalue weighted by molar-refractivity contribution is 7.18. The van der Waals surface area contributed by atoms with E-state index in [1.807, 2.05) is 21.4 Å². The Morgan fingerprint density at radius 1 is 0.857 bits per heavy atom. The van der Waals surface area contributed by atoms with E-state index in [0.29, 0.717) is 63.6 Å². The summed E-state index contributed by atoms with van der Waals surface area (Å²) in [7, 11) is 1.91. The van der Waals surface area contributed by atoms with Crippen molar-refractivity contribution in [1.29, 1.82) is 0 Å². The quantitative estimate of drug-likeness (QED) is 0.216. The lowest BCUT2D eigenvalue weighted by Crippen LogP contribution is -2.48. The van der Waals surface area contributed by atoms with Gasteiger partial charge in [0.1, 0.15) is 29.7 Å². The summed E-state index contributed by atoms with van der Waals surface area (Å²) in [6, 6.07) is 2.96. The molecule has 5 heterocycles. The predicted molar refractivity (Wildman–Crippen MR) is 206 cm³/mol. The number of carbonyl (C=O) groups is 2. The third kappa shape index (κ3) is 6.93. The molecule has 0 atom stereocenters. The van der Waals surface area contributed by atoms with E-state index in [1.54, 1.807) is 15.9 Å². The molecule has 14 nitrogen and oxygen atoms in total. The van der Waals surface area contributed by atoms with E-state index in [4.69, 9.17) is 0 Å². The minimum atomic E-state index is -0.959. The van der Waals surface area contributed by atoms with Crippen LogP contribution in [0.3, 0.4) is 0 Å². The number of aryl methyl sites for hydroxylation is 1. The lowest BCUT2D eigenvalue weighted by Gasteiger charge is -2.36. The van der Waals surface area contributed by atoms with Crippen molar-refractivity contribution in [3.63, 3.8) is 0 Å². The van der Waals surface area contributed by atoms with Crippen LogP contribution in [0.25, 0.3) is 32.4 Å². The fourth-order valence-electron chi connectivity index (χ4n) is 7.46. The Balaban J connectivity index is 1.05. The van der Waals surface area contributed by atoms with Crippen molar-refractivity contribution in [2.45, 2.75) is 32.4 Å². The number of amides is 3. The maximum atomic E-state index is 16.1. The van der Waals surface area contributed by atoms with Crippen molar-refractivity contribution in [3.05, 3.63) is 68.5 Å². The van der Waals surface area contributed by atoms with Crippen LogP contribution in [-0.4, -0.2) is 107 Å². The molecule has 1 saturated carbocycles. The van der Waals surface area contributed by atoms with Crippen LogP contribution in [0.5, 0.6) is 0 Å². The van der Waals surface area contributed by atoms with E-state index in [1.165, 1.54) is 30.0 Å². The molecule has 3 amide bonds. The summed E-state index contributed by atoms with van der Waals surface area (Å²) >= 11 is 0.791. The van der Waals surface area contributed by atoms with Crippen molar-refractivity contribution in [3.8, 4) is 10.6 Å². The van der Waals surface area contributed by atoms with E-state index in [0.717, 1.165) is 30.2 Å². The van der Waals surface area contributed by atoms with Gasteiger partial charge in [0.15, 0.2) is 16.3 Å². The van der Waals surface area contributed by atoms with Gasteiger partial charge < -0.3 is 34.1 Å². The van der Waals surface area contributed by atoms with E-state index in [9.17, 15) is 23.6 Å². The molecule has 2 aliphatic heterocycles. The van der Waals surface area contributed by atoms with Crippen molar-refractivity contribution >= 4 is 67.3 Å². The number of nitrogens with one attached hydrogen (secondary N) is 2. The normalized spacial score (nSPS) is 16.6.